The van der Waals surface area contributed by atoms with E-state index in [1.165, 1.54) is 18.3 Å². The van der Waals surface area contributed by atoms with Crippen LogP contribution in [-0.2, 0) is 4.79 Å². The van der Waals surface area contributed by atoms with E-state index < -0.39 is 37.0 Å². The molecule has 1 amide bonds. The van der Waals surface area contributed by atoms with Crippen LogP contribution in [-0.4, -0.2) is 35.7 Å². The summed E-state index contributed by atoms with van der Waals surface area (Å²) in [5.41, 5.74) is 0.618. The fraction of sp³-hybridized carbons (Fsp3) is 0.545. The third-order valence-electron chi connectivity index (χ3n) is 2.93. The average molecular weight is 296 g/mol. The van der Waals surface area contributed by atoms with Gasteiger partial charge in [-0.25, -0.2) is 8.78 Å². The van der Waals surface area contributed by atoms with Gasteiger partial charge in [0, 0.05) is 0 Å². The molecule has 8 heteroatoms. The Morgan fingerprint density at radius 3 is 2.74 bits per heavy atom. The molecular formula is C11H12F4N2OS. The Balaban J connectivity index is 2.22. The van der Waals surface area contributed by atoms with Gasteiger partial charge in [-0.2, -0.15) is 20.1 Å². The number of alkyl halides is 4. The molecule has 1 fully saturated rings. The van der Waals surface area contributed by atoms with E-state index in [0.717, 1.165) is 4.90 Å². The smallest absolute Gasteiger partial charge is 0.315 e. The van der Waals surface area contributed by atoms with Gasteiger partial charge in [0.2, 0.25) is 5.91 Å². The van der Waals surface area contributed by atoms with Gasteiger partial charge >= 0.3 is 12.3 Å². The predicted octanol–water partition coefficient (Wildman–Crippen LogP) is 2.47. The molecule has 0 saturated carbocycles. The molecule has 0 spiro atoms. The fourth-order valence-electron chi connectivity index (χ4n) is 1.95. The van der Waals surface area contributed by atoms with Crippen molar-refractivity contribution in [1.29, 1.82) is 0 Å². The Hall–Kier alpha value is -1.15. The third-order valence-corrected chi connectivity index (χ3v) is 3.63. The lowest BCUT2D eigenvalue weighted by molar-refractivity contribution is -0.157. The van der Waals surface area contributed by atoms with Gasteiger partial charge in [-0.1, -0.05) is 0 Å². The van der Waals surface area contributed by atoms with E-state index in [1.807, 2.05) is 0 Å². The number of thiophene rings is 1. The Morgan fingerprint density at radius 1 is 1.53 bits per heavy atom. The van der Waals surface area contributed by atoms with Crippen LogP contribution in [0.25, 0.3) is 0 Å². The molecule has 2 rings (SSSR count). The summed E-state index contributed by atoms with van der Waals surface area (Å²) in [6.07, 6.45) is -4.57. The van der Waals surface area contributed by atoms with Crippen LogP contribution >= 0.6 is 11.3 Å². The normalized spacial score (nSPS) is 24.5. The topological polar surface area (TPSA) is 32.3 Å². The highest BCUT2D eigenvalue weighted by Crippen LogP contribution is 2.32. The third kappa shape index (κ3) is 2.74. The summed E-state index contributed by atoms with van der Waals surface area (Å²) in [7, 11) is 0. The van der Waals surface area contributed by atoms with Crippen LogP contribution in [0.1, 0.15) is 18.7 Å². The highest BCUT2D eigenvalue weighted by molar-refractivity contribution is 7.07. The fourth-order valence-corrected chi connectivity index (χ4v) is 2.62. The summed E-state index contributed by atoms with van der Waals surface area (Å²) in [5.74, 6) is -4.81. The second-order valence-electron chi connectivity index (χ2n) is 4.38. The molecule has 1 aromatic heterocycles. The number of halogens is 4. The van der Waals surface area contributed by atoms with Gasteiger partial charge in [0.1, 0.15) is 6.17 Å². The van der Waals surface area contributed by atoms with Gasteiger partial charge in [0.25, 0.3) is 0 Å². The number of nitrogens with zero attached hydrogens (tertiary/aromatic N) is 1. The van der Waals surface area contributed by atoms with Gasteiger partial charge in [0.05, 0.1) is 12.6 Å². The van der Waals surface area contributed by atoms with E-state index in [4.69, 9.17) is 0 Å². The quantitative estimate of drug-likeness (QED) is 0.866. The molecule has 19 heavy (non-hydrogen) atoms. The molecule has 3 nitrogen and oxygen atoms in total. The molecule has 0 aliphatic carbocycles. The molecule has 1 aliphatic rings. The number of hydrogen-bond donors (Lipinski definition) is 1. The molecule has 106 valence electrons. The maximum atomic E-state index is 13.1. The van der Waals surface area contributed by atoms with E-state index in [0.29, 0.717) is 5.56 Å². The number of carbonyl (C=O) groups is 1. The molecule has 1 aliphatic heterocycles. The van der Waals surface area contributed by atoms with Crippen molar-refractivity contribution in [3.8, 4) is 0 Å². The van der Waals surface area contributed by atoms with E-state index >= 15 is 0 Å². The van der Waals surface area contributed by atoms with Crippen LogP contribution in [0.2, 0.25) is 0 Å². The van der Waals surface area contributed by atoms with Crippen molar-refractivity contribution in [2.75, 3.05) is 6.54 Å². The highest BCUT2D eigenvalue weighted by atomic mass is 32.1. The van der Waals surface area contributed by atoms with Gasteiger partial charge in [0.15, 0.2) is 0 Å². The van der Waals surface area contributed by atoms with Gasteiger partial charge in [-0.3, -0.25) is 10.1 Å². The van der Waals surface area contributed by atoms with Gasteiger partial charge in [-0.15, -0.1) is 0 Å². The first-order valence-electron chi connectivity index (χ1n) is 5.57. The average Bonchev–Trinajstić information content (AvgIpc) is 2.92. The Labute approximate surface area is 111 Å². The first-order chi connectivity index (χ1) is 8.83. The zero-order valence-corrected chi connectivity index (χ0v) is 10.8. The minimum atomic E-state index is -4.21. The van der Waals surface area contributed by atoms with Crippen LogP contribution in [0.3, 0.4) is 0 Å². The first kappa shape index (κ1) is 14.3. The van der Waals surface area contributed by atoms with Crippen LogP contribution in [0.4, 0.5) is 17.6 Å². The second-order valence-corrected chi connectivity index (χ2v) is 5.16. The Bertz CT molecular complexity index is 452. The Morgan fingerprint density at radius 2 is 2.21 bits per heavy atom. The molecule has 1 saturated heterocycles. The molecule has 0 aromatic carbocycles. The van der Waals surface area contributed by atoms with Crippen molar-refractivity contribution in [2.24, 2.45) is 0 Å². The van der Waals surface area contributed by atoms with E-state index in [-0.39, 0.29) is 0 Å². The van der Waals surface area contributed by atoms with Crippen molar-refractivity contribution in [3.05, 3.63) is 22.4 Å². The summed E-state index contributed by atoms with van der Waals surface area (Å²) >= 11 is 1.34. The van der Waals surface area contributed by atoms with Crippen molar-refractivity contribution < 1.29 is 22.4 Å². The molecular weight excluding hydrogens is 284 g/mol. The van der Waals surface area contributed by atoms with Crippen LogP contribution in [0.15, 0.2) is 16.8 Å². The number of rotatable bonds is 4. The SMILES string of the molecule is CC1NC(c2ccsc2)N(CC(F)(F)C(F)F)C1=O. The summed E-state index contributed by atoms with van der Waals surface area (Å²) in [4.78, 5) is 12.6. The van der Waals surface area contributed by atoms with E-state index in [1.54, 1.807) is 16.8 Å². The number of nitrogens with one attached hydrogen (secondary N) is 1. The van der Waals surface area contributed by atoms with Crippen LogP contribution in [0, 0.1) is 0 Å². The summed E-state index contributed by atoms with van der Waals surface area (Å²) < 4.78 is 50.8. The lowest BCUT2D eigenvalue weighted by Crippen LogP contribution is -2.44. The molecule has 0 bridgehead atoms. The first-order valence-corrected chi connectivity index (χ1v) is 6.52. The van der Waals surface area contributed by atoms with Crippen molar-refractivity contribution >= 4 is 17.2 Å². The van der Waals surface area contributed by atoms with Gasteiger partial charge < -0.3 is 4.90 Å². The molecule has 2 heterocycles. The molecule has 2 atom stereocenters. The van der Waals surface area contributed by atoms with Crippen molar-refractivity contribution in [1.82, 2.24) is 10.2 Å². The molecule has 1 N–H and O–H groups in total. The van der Waals surface area contributed by atoms with Gasteiger partial charge in [-0.05, 0) is 29.3 Å². The number of carbonyl (C=O) groups excluding carboxylic acids is 1. The standard InChI is InChI=1S/C11H12F4N2OS/c1-6-9(18)17(5-11(14,15)10(12)13)8(16-6)7-2-3-19-4-7/h2-4,6,8,10,16H,5H2,1H3. The molecule has 0 radical (unpaired) electrons. The van der Waals surface area contributed by atoms with E-state index in [9.17, 15) is 22.4 Å². The van der Waals surface area contributed by atoms with Crippen LogP contribution in [0.5, 0.6) is 0 Å². The summed E-state index contributed by atoms with van der Waals surface area (Å²) in [5, 5.41) is 6.24. The lowest BCUT2D eigenvalue weighted by Gasteiger charge is -2.27. The molecule has 1 aromatic rings. The van der Waals surface area contributed by atoms with Crippen molar-refractivity contribution in [2.45, 2.75) is 31.5 Å². The number of amides is 1. The van der Waals surface area contributed by atoms with E-state index in [2.05, 4.69) is 5.32 Å². The Kier molecular flexibility index (Phi) is 3.82. The zero-order chi connectivity index (χ0) is 14.2. The maximum Gasteiger partial charge on any atom is 0.324 e. The minimum Gasteiger partial charge on any atom is -0.315 e. The van der Waals surface area contributed by atoms with Crippen molar-refractivity contribution in [3.63, 3.8) is 0 Å². The molecule has 2 unspecified atom stereocenters. The van der Waals surface area contributed by atoms with Crippen LogP contribution < -0.4 is 5.32 Å². The largest absolute Gasteiger partial charge is 0.324 e. The lowest BCUT2D eigenvalue weighted by atomic mass is 10.2. The summed E-state index contributed by atoms with van der Waals surface area (Å²) in [6.45, 7) is 0.226. The maximum absolute atomic E-state index is 13.1. The number of hydrogen-bond acceptors (Lipinski definition) is 3. The second kappa shape index (κ2) is 5.09. The highest BCUT2D eigenvalue weighted by Gasteiger charge is 2.48. The zero-order valence-electron chi connectivity index (χ0n) is 9.95. The summed E-state index contributed by atoms with van der Waals surface area (Å²) in [6, 6.07) is 1.000. The minimum absolute atomic E-state index is 0.600. The monoisotopic (exact) mass is 296 g/mol. The predicted molar refractivity (Wildman–Crippen MR) is 62.3 cm³/mol.